The van der Waals surface area contributed by atoms with Gasteiger partial charge in [-0.15, -0.1) is 11.3 Å². The fourth-order valence-corrected chi connectivity index (χ4v) is 2.95. The molecule has 0 amide bonds. The Balaban J connectivity index is 2.81. The largest absolute Gasteiger partial charge is 0.398 e. The molecule has 14 heavy (non-hydrogen) atoms. The normalized spacial score (nSPS) is 12.1. The van der Waals surface area contributed by atoms with Crippen molar-refractivity contribution >= 4 is 37.1 Å². The number of fused-ring (bicyclic) bond motifs is 1. The Morgan fingerprint density at radius 3 is 2.71 bits per heavy atom. The van der Waals surface area contributed by atoms with Crippen molar-refractivity contribution in [2.45, 2.75) is 4.34 Å². The van der Waals surface area contributed by atoms with Gasteiger partial charge in [-0.25, -0.2) is 13.4 Å². The summed E-state index contributed by atoms with van der Waals surface area (Å²) in [7, 11) is -3.23. The topological polar surface area (TPSA) is 73.0 Å². The maximum absolute atomic E-state index is 11.2. The van der Waals surface area contributed by atoms with E-state index in [0.717, 1.165) is 22.3 Å². The summed E-state index contributed by atoms with van der Waals surface area (Å²) < 4.78 is 23.3. The number of hydrogen-bond acceptors (Lipinski definition) is 5. The minimum absolute atomic E-state index is 0.116. The second-order valence-corrected chi connectivity index (χ2v) is 6.14. The van der Waals surface area contributed by atoms with E-state index in [4.69, 9.17) is 5.73 Å². The molecule has 0 aliphatic rings. The molecule has 2 aromatic rings. The number of benzene rings is 1. The maximum Gasteiger partial charge on any atom is 0.210 e. The molecular formula is C8H8N2O2S2. The lowest BCUT2D eigenvalue weighted by atomic mass is 10.3. The SMILES string of the molecule is CS(=O)(=O)c1nc2cccc(N)c2s1. The van der Waals surface area contributed by atoms with E-state index in [2.05, 4.69) is 4.98 Å². The Morgan fingerprint density at radius 1 is 1.43 bits per heavy atom. The Morgan fingerprint density at radius 2 is 2.14 bits per heavy atom. The van der Waals surface area contributed by atoms with Crippen LogP contribution in [-0.2, 0) is 9.84 Å². The van der Waals surface area contributed by atoms with Crippen LogP contribution in [0.15, 0.2) is 22.5 Å². The Kier molecular flexibility index (Phi) is 1.97. The molecule has 0 radical (unpaired) electrons. The van der Waals surface area contributed by atoms with E-state index in [1.165, 1.54) is 0 Å². The molecule has 1 heterocycles. The average molecular weight is 228 g/mol. The van der Waals surface area contributed by atoms with E-state index in [1.807, 2.05) is 0 Å². The van der Waals surface area contributed by atoms with Crippen molar-refractivity contribution in [1.82, 2.24) is 4.98 Å². The minimum Gasteiger partial charge on any atom is -0.398 e. The van der Waals surface area contributed by atoms with E-state index >= 15 is 0 Å². The van der Waals surface area contributed by atoms with Gasteiger partial charge in [0.1, 0.15) is 0 Å². The van der Waals surface area contributed by atoms with Gasteiger partial charge in [0.15, 0.2) is 0 Å². The average Bonchev–Trinajstić information content (AvgIpc) is 2.48. The molecule has 0 saturated heterocycles. The van der Waals surface area contributed by atoms with Gasteiger partial charge in [-0.05, 0) is 12.1 Å². The van der Waals surface area contributed by atoms with Gasteiger partial charge in [0.25, 0.3) is 0 Å². The van der Waals surface area contributed by atoms with Gasteiger partial charge in [0.05, 0.1) is 15.9 Å². The summed E-state index contributed by atoms with van der Waals surface area (Å²) in [5, 5.41) is 0. The number of rotatable bonds is 1. The van der Waals surface area contributed by atoms with Crippen LogP contribution < -0.4 is 5.73 Å². The van der Waals surface area contributed by atoms with Crippen LogP contribution >= 0.6 is 11.3 Å². The van der Waals surface area contributed by atoms with Gasteiger partial charge >= 0.3 is 0 Å². The fraction of sp³-hybridized carbons (Fsp3) is 0.125. The molecule has 0 aliphatic heterocycles. The van der Waals surface area contributed by atoms with E-state index in [0.29, 0.717) is 11.2 Å². The molecule has 74 valence electrons. The number of anilines is 1. The number of nitrogens with two attached hydrogens (primary N) is 1. The molecule has 0 atom stereocenters. The van der Waals surface area contributed by atoms with E-state index in [9.17, 15) is 8.42 Å². The molecule has 0 spiro atoms. The molecular weight excluding hydrogens is 220 g/mol. The predicted molar refractivity (Wildman–Crippen MR) is 57.1 cm³/mol. The molecule has 0 unspecified atom stereocenters. The number of aromatic nitrogens is 1. The summed E-state index contributed by atoms with van der Waals surface area (Å²) in [6.07, 6.45) is 1.14. The number of thiazole rings is 1. The number of sulfone groups is 1. The monoisotopic (exact) mass is 228 g/mol. The molecule has 1 aromatic heterocycles. The highest BCUT2D eigenvalue weighted by Gasteiger charge is 2.14. The van der Waals surface area contributed by atoms with Crippen molar-refractivity contribution in [3.05, 3.63) is 18.2 Å². The third-order valence-electron chi connectivity index (χ3n) is 1.74. The first-order chi connectivity index (χ1) is 6.48. The van der Waals surface area contributed by atoms with Gasteiger partial charge in [0.2, 0.25) is 14.2 Å². The molecule has 0 aliphatic carbocycles. The Bertz CT molecular complexity index is 586. The highest BCUT2D eigenvalue weighted by atomic mass is 32.2. The fourth-order valence-electron chi connectivity index (χ4n) is 1.11. The van der Waals surface area contributed by atoms with Gasteiger partial charge < -0.3 is 5.73 Å². The zero-order chi connectivity index (χ0) is 10.3. The Hall–Kier alpha value is -1.14. The molecule has 0 saturated carbocycles. The molecule has 2 rings (SSSR count). The van der Waals surface area contributed by atoms with E-state index < -0.39 is 9.84 Å². The van der Waals surface area contributed by atoms with Crippen LogP contribution in [0.1, 0.15) is 0 Å². The second-order valence-electron chi connectivity index (χ2n) is 2.95. The number of nitrogen functional groups attached to an aromatic ring is 1. The van der Waals surface area contributed by atoms with Crippen molar-refractivity contribution in [2.75, 3.05) is 12.0 Å². The van der Waals surface area contributed by atoms with Gasteiger partial charge in [-0.2, -0.15) is 0 Å². The summed E-state index contributed by atoms with van der Waals surface area (Å²) >= 11 is 1.11. The van der Waals surface area contributed by atoms with Crippen molar-refractivity contribution in [3.63, 3.8) is 0 Å². The summed E-state index contributed by atoms with van der Waals surface area (Å²) in [5.74, 6) is 0. The lowest BCUT2D eigenvalue weighted by molar-refractivity contribution is 0.601. The number of nitrogens with zero attached hydrogens (tertiary/aromatic N) is 1. The van der Waals surface area contributed by atoms with Crippen molar-refractivity contribution in [2.24, 2.45) is 0 Å². The lowest BCUT2D eigenvalue weighted by Gasteiger charge is -1.90. The summed E-state index contributed by atoms with van der Waals surface area (Å²) in [5.41, 5.74) is 6.89. The molecule has 2 N–H and O–H groups in total. The van der Waals surface area contributed by atoms with Crippen LogP contribution in [0.3, 0.4) is 0 Å². The quantitative estimate of drug-likeness (QED) is 0.746. The van der Waals surface area contributed by atoms with E-state index in [1.54, 1.807) is 18.2 Å². The second kappa shape index (κ2) is 2.93. The van der Waals surface area contributed by atoms with Crippen LogP contribution in [0.25, 0.3) is 10.2 Å². The van der Waals surface area contributed by atoms with Crippen LogP contribution in [0.5, 0.6) is 0 Å². The predicted octanol–water partition coefficient (Wildman–Crippen LogP) is 1.28. The van der Waals surface area contributed by atoms with Gasteiger partial charge in [-0.3, -0.25) is 0 Å². The summed E-state index contributed by atoms with van der Waals surface area (Å²) in [4.78, 5) is 4.00. The molecule has 0 bridgehead atoms. The van der Waals surface area contributed by atoms with E-state index in [-0.39, 0.29) is 4.34 Å². The first-order valence-corrected chi connectivity index (χ1v) is 6.54. The first kappa shape index (κ1) is 9.42. The highest BCUT2D eigenvalue weighted by Crippen LogP contribution is 2.29. The standard InChI is InChI=1S/C8H8N2O2S2/c1-14(11,12)8-10-6-4-2-3-5(9)7(6)13-8/h2-4H,9H2,1H3. The maximum atomic E-state index is 11.2. The smallest absolute Gasteiger partial charge is 0.210 e. The van der Waals surface area contributed by atoms with Crippen molar-refractivity contribution in [1.29, 1.82) is 0 Å². The minimum atomic E-state index is -3.23. The van der Waals surface area contributed by atoms with Crippen molar-refractivity contribution < 1.29 is 8.42 Å². The molecule has 0 fully saturated rings. The van der Waals surface area contributed by atoms with Crippen LogP contribution in [0.4, 0.5) is 5.69 Å². The number of hydrogen-bond donors (Lipinski definition) is 1. The van der Waals surface area contributed by atoms with Crippen molar-refractivity contribution in [3.8, 4) is 0 Å². The zero-order valence-corrected chi connectivity index (χ0v) is 9.02. The third kappa shape index (κ3) is 1.46. The van der Waals surface area contributed by atoms with Crippen LogP contribution in [0, 0.1) is 0 Å². The summed E-state index contributed by atoms with van der Waals surface area (Å²) in [6.45, 7) is 0. The lowest BCUT2D eigenvalue weighted by Crippen LogP contribution is -1.94. The van der Waals surface area contributed by atoms with Gasteiger partial charge in [-0.1, -0.05) is 6.07 Å². The Labute approximate surface area is 85.3 Å². The third-order valence-corrected chi connectivity index (χ3v) is 4.54. The first-order valence-electron chi connectivity index (χ1n) is 3.83. The van der Waals surface area contributed by atoms with Gasteiger partial charge in [0, 0.05) is 6.26 Å². The highest BCUT2D eigenvalue weighted by molar-refractivity contribution is 7.92. The molecule has 6 heteroatoms. The van der Waals surface area contributed by atoms with Crippen LogP contribution in [-0.4, -0.2) is 19.7 Å². The van der Waals surface area contributed by atoms with Crippen LogP contribution in [0.2, 0.25) is 0 Å². The molecule has 4 nitrogen and oxygen atoms in total. The summed E-state index contributed by atoms with van der Waals surface area (Å²) in [6, 6.07) is 5.23. The molecule has 1 aromatic carbocycles. The zero-order valence-electron chi connectivity index (χ0n) is 7.39.